The number of benzene rings is 2. The summed E-state index contributed by atoms with van der Waals surface area (Å²) in [5, 5.41) is 2.75. The standard InChI is InChI=1S/C18H21NO5S/c1-23-16-5-3-4-6-17(16)24-12-11-19-18(20)15-9-7-14(8-10-15)13-25(2,21)22/h3-10H,11-13H2,1-2H3,(H,19,20). The van der Waals surface area contributed by atoms with Gasteiger partial charge in [0.15, 0.2) is 21.3 Å². The quantitative estimate of drug-likeness (QED) is 0.726. The number of hydrogen-bond acceptors (Lipinski definition) is 5. The highest BCUT2D eigenvalue weighted by molar-refractivity contribution is 7.89. The number of methoxy groups -OCH3 is 1. The maximum atomic E-state index is 12.1. The Kier molecular flexibility index (Phi) is 6.41. The van der Waals surface area contributed by atoms with Gasteiger partial charge in [0.05, 0.1) is 19.4 Å². The Morgan fingerprint density at radius 3 is 2.28 bits per heavy atom. The molecular formula is C18H21NO5S. The number of amides is 1. The van der Waals surface area contributed by atoms with Gasteiger partial charge in [-0.3, -0.25) is 4.79 Å². The molecule has 2 aromatic carbocycles. The highest BCUT2D eigenvalue weighted by Gasteiger charge is 2.08. The van der Waals surface area contributed by atoms with E-state index >= 15 is 0 Å². The second-order valence-corrected chi connectivity index (χ2v) is 7.66. The number of carbonyl (C=O) groups excluding carboxylic acids is 1. The molecule has 0 saturated heterocycles. The third kappa shape index (κ3) is 6.11. The topological polar surface area (TPSA) is 81.7 Å². The van der Waals surface area contributed by atoms with Crippen LogP contribution in [0.5, 0.6) is 11.5 Å². The lowest BCUT2D eigenvalue weighted by atomic mass is 10.1. The van der Waals surface area contributed by atoms with Gasteiger partial charge in [-0.25, -0.2) is 8.42 Å². The van der Waals surface area contributed by atoms with Crippen LogP contribution in [0.1, 0.15) is 15.9 Å². The molecule has 1 N–H and O–H groups in total. The first-order valence-electron chi connectivity index (χ1n) is 7.70. The van der Waals surface area contributed by atoms with Crippen molar-refractivity contribution >= 4 is 15.7 Å². The van der Waals surface area contributed by atoms with Crippen LogP contribution < -0.4 is 14.8 Å². The molecule has 25 heavy (non-hydrogen) atoms. The van der Waals surface area contributed by atoms with E-state index in [1.165, 1.54) is 6.26 Å². The van der Waals surface area contributed by atoms with E-state index in [4.69, 9.17) is 9.47 Å². The summed E-state index contributed by atoms with van der Waals surface area (Å²) < 4.78 is 33.3. The third-order valence-corrected chi connectivity index (χ3v) is 4.22. The largest absolute Gasteiger partial charge is 0.493 e. The van der Waals surface area contributed by atoms with Crippen LogP contribution in [-0.2, 0) is 15.6 Å². The van der Waals surface area contributed by atoms with Crippen molar-refractivity contribution in [1.82, 2.24) is 5.32 Å². The normalized spacial score (nSPS) is 11.0. The van der Waals surface area contributed by atoms with Gasteiger partial charge in [-0.05, 0) is 29.8 Å². The van der Waals surface area contributed by atoms with Crippen LogP contribution in [-0.4, -0.2) is 40.8 Å². The molecule has 0 saturated carbocycles. The minimum Gasteiger partial charge on any atom is -0.493 e. The molecule has 0 aliphatic carbocycles. The Labute approximate surface area is 147 Å². The van der Waals surface area contributed by atoms with Gasteiger partial charge in [0.25, 0.3) is 5.91 Å². The first-order chi connectivity index (χ1) is 11.9. The number of ether oxygens (including phenoxy) is 2. The molecule has 0 spiro atoms. The predicted octanol–water partition coefficient (Wildman–Crippen LogP) is 2.05. The van der Waals surface area contributed by atoms with Gasteiger partial charge in [0.2, 0.25) is 0 Å². The molecule has 6 nitrogen and oxygen atoms in total. The molecule has 2 rings (SSSR count). The molecule has 1 amide bonds. The third-order valence-electron chi connectivity index (χ3n) is 3.36. The maximum absolute atomic E-state index is 12.1. The molecule has 7 heteroatoms. The number of sulfone groups is 1. The van der Waals surface area contributed by atoms with Gasteiger partial charge >= 0.3 is 0 Å². The molecule has 0 aliphatic heterocycles. The van der Waals surface area contributed by atoms with E-state index in [-0.39, 0.29) is 11.7 Å². The SMILES string of the molecule is COc1ccccc1OCCNC(=O)c1ccc(CS(C)(=O)=O)cc1. The Morgan fingerprint density at radius 1 is 1.04 bits per heavy atom. The van der Waals surface area contributed by atoms with Crippen LogP contribution in [0.15, 0.2) is 48.5 Å². The van der Waals surface area contributed by atoms with Crippen LogP contribution in [0, 0.1) is 0 Å². The molecule has 0 atom stereocenters. The molecule has 2 aromatic rings. The second-order valence-electron chi connectivity index (χ2n) is 5.52. The van der Waals surface area contributed by atoms with E-state index in [0.717, 1.165) is 0 Å². The van der Waals surface area contributed by atoms with Crippen molar-refractivity contribution in [1.29, 1.82) is 0 Å². The molecule has 134 valence electrons. The number of carbonyl (C=O) groups is 1. The average molecular weight is 363 g/mol. The number of nitrogens with one attached hydrogen (secondary N) is 1. The minimum absolute atomic E-state index is 0.0400. The van der Waals surface area contributed by atoms with E-state index in [1.54, 1.807) is 43.5 Å². The summed E-state index contributed by atoms with van der Waals surface area (Å²) in [6.07, 6.45) is 1.18. The summed E-state index contributed by atoms with van der Waals surface area (Å²) in [7, 11) is -1.52. The first kappa shape index (κ1) is 18.8. The van der Waals surface area contributed by atoms with Crippen molar-refractivity contribution in [3.8, 4) is 11.5 Å². The zero-order valence-electron chi connectivity index (χ0n) is 14.2. The first-order valence-corrected chi connectivity index (χ1v) is 9.76. The van der Waals surface area contributed by atoms with E-state index in [9.17, 15) is 13.2 Å². The summed E-state index contributed by atoms with van der Waals surface area (Å²) >= 11 is 0. The van der Waals surface area contributed by atoms with Gasteiger partial charge in [-0.15, -0.1) is 0 Å². The highest BCUT2D eigenvalue weighted by atomic mass is 32.2. The Hall–Kier alpha value is -2.54. The molecule has 0 bridgehead atoms. The fourth-order valence-electron chi connectivity index (χ4n) is 2.22. The molecular weight excluding hydrogens is 342 g/mol. The van der Waals surface area contributed by atoms with E-state index in [1.807, 2.05) is 12.1 Å². The van der Waals surface area contributed by atoms with Gasteiger partial charge < -0.3 is 14.8 Å². The van der Waals surface area contributed by atoms with Crippen LogP contribution in [0.4, 0.5) is 0 Å². The summed E-state index contributed by atoms with van der Waals surface area (Å²) in [6, 6.07) is 13.8. The van der Waals surface area contributed by atoms with E-state index < -0.39 is 9.84 Å². The van der Waals surface area contributed by atoms with E-state index in [0.29, 0.717) is 35.8 Å². The molecule has 0 aromatic heterocycles. The smallest absolute Gasteiger partial charge is 0.251 e. The Bertz CT molecular complexity index is 816. The van der Waals surface area contributed by atoms with Gasteiger partial charge in [-0.1, -0.05) is 24.3 Å². The fourth-order valence-corrected chi connectivity index (χ4v) is 3.02. The molecule has 0 radical (unpaired) electrons. The van der Waals surface area contributed by atoms with Crippen molar-refractivity contribution in [3.05, 3.63) is 59.7 Å². The van der Waals surface area contributed by atoms with Crippen molar-refractivity contribution < 1.29 is 22.7 Å². The summed E-state index contributed by atoms with van der Waals surface area (Å²) in [4.78, 5) is 12.1. The van der Waals surface area contributed by atoms with Crippen molar-refractivity contribution in [3.63, 3.8) is 0 Å². The predicted molar refractivity (Wildman–Crippen MR) is 95.8 cm³/mol. The van der Waals surface area contributed by atoms with Gasteiger partial charge in [-0.2, -0.15) is 0 Å². The molecule has 0 heterocycles. The van der Waals surface area contributed by atoms with Crippen molar-refractivity contribution in [2.75, 3.05) is 26.5 Å². The lowest BCUT2D eigenvalue weighted by Gasteiger charge is -2.11. The van der Waals surface area contributed by atoms with Crippen LogP contribution >= 0.6 is 0 Å². The maximum Gasteiger partial charge on any atom is 0.251 e. The van der Waals surface area contributed by atoms with Crippen molar-refractivity contribution in [2.45, 2.75) is 5.75 Å². The van der Waals surface area contributed by atoms with Gasteiger partial charge in [0, 0.05) is 11.8 Å². The van der Waals surface area contributed by atoms with E-state index in [2.05, 4.69) is 5.32 Å². The monoisotopic (exact) mass is 363 g/mol. The van der Waals surface area contributed by atoms with Gasteiger partial charge in [0.1, 0.15) is 6.61 Å². The Balaban J connectivity index is 1.82. The summed E-state index contributed by atoms with van der Waals surface area (Å²) in [5.41, 5.74) is 1.12. The zero-order valence-corrected chi connectivity index (χ0v) is 15.0. The van der Waals surface area contributed by atoms with Crippen LogP contribution in [0.2, 0.25) is 0 Å². The number of rotatable bonds is 8. The lowest BCUT2D eigenvalue weighted by Crippen LogP contribution is -2.28. The average Bonchev–Trinajstić information content (AvgIpc) is 2.58. The lowest BCUT2D eigenvalue weighted by molar-refractivity contribution is 0.0947. The highest BCUT2D eigenvalue weighted by Crippen LogP contribution is 2.25. The zero-order chi connectivity index (χ0) is 18.3. The second kappa shape index (κ2) is 8.53. The summed E-state index contributed by atoms with van der Waals surface area (Å²) in [5.74, 6) is 0.968. The fraction of sp³-hybridized carbons (Fsp3) is 0.278. The molecule has 0 unspecified atom stereocenters. The number of para-hydroxylation sites is 2. The van der Waals surface area contributed by atoms with Crippen LogP contribution in [0.25, 0.3) is 0 Å². The van der Waals surface area contributed by atoms with Crippen LogP contribution in [0.3, 0.4) is 0 Å². The summed E-state index contributed by atoms with van der Waals surface area (Å²) in [6.45, 7) is 0.639. The number of hydrogen-bond donors (Lipinski definition) is 1. The molecule has 0 aliphatic rings. The van der Waals surface area contributed by atoms with Crippen molar-refractivity contribution in [2.24, 2.45) is 0 Å². The minimum atomic E-state index is -3.09. The molecule has 0 fully saturated rings. The Morgan fingerprint density at radius 2 is 1.68 bits per heavy atom.